The molecule has 1 unspecified atom stereocenters. The molecule has 0 aromatic rings. The van der Waals surface area contributed by atoms with Crippen LogP contribution in [0.25, 0.3) is 0 Å². The number of nitrogens with two attached hydrogens (primary N) is 1. The number of urea groups is 1. The maximum atomic E-state index is 11.9. The van der Waals surface area contributed by atoms with E-state index in [-0.39, 0.29) is 18.5 Å². The molecule has 0 radical (unpaired) electrons. The topological polar surface area (TPSA) is 84.2 Å². The third-order valence-corrected chi connectivity index (χ3v) is 5.80. The molecule has 4 rings (SSSR count). The zero-order chi connectivity index (χ0) is 14.3. The Kier molecular flexibility index (Phi) is 3.38. The van der Waals surface area contributed by atoms with Gasteiger partial charge in [-0.1, -0.05) is 0 Å². The Balaban J connectivity index is 1.60. The molecule has 4 bridgehead atoms. The van der Waals surface area contributed by atoms with Crippen LogP contribution >= 0.6 is 0 Å². The molecule has 5 heteroatoms. The van der Waals surface area contributed by atoms with Gasteiger partial charge in [-0.05, 0) is 68.6 Å². The summed E-state index contributed by atoms with van der Waals surface area (Å²) >= 11 is 0. The average molecular weight is 279 g/mol. The molecule has 112 valence electrons. The van der Waals surface area contributed by atoms with Crippen LogP contribution in [0.1, 0.15) is 45.4 Å². The first kappa shape index (κ1) is 13.7. The summed E-state index contributed by atoms with van der Waals surface area (Å²) in [6, 6.07) is -0.458. The maximum absolute atomic E-state index is 11.9. The highest BCUT2D eigenvalue weighted by Gasteiger charge is 2.53. The molecule has 0 aliphatic heterocycles. The standard InChI is InChI=1S/C15H25N3O2/c1-9(18-13(19)8-17-14(16)20)15-5-10-2-11(6-15)4-12(3-10)7-15/h9-12H,2-8H2,1H3,(H,18,19)(H3,16,17,20). The number of amides is 3. The average Bonchev–Trinajstić information content (AvgIpc) is 2.34. The Hall–Kier alpha value is -1.26. The second kappa shape index (κ2) is 4.93. The molecule has 3 amide bonds. The quantitative estimate of drug-likeness (QED) is 0.726. The van der Waals surface area contributed by atoms with Gasteiger partial charge < -0.3 is 16.4 Å². The molecule has 4 fully saturated rings. The number of hydrogen-bond donors (Lipinski definition) is 3. The first-order valence-electron chi connectivity index (χ1n) is 7.79. The van der Waals surface area contributed by atoms with Gasteiger partial charge in [-0.3, -0.25) is 4.79 Å². The van der Waals surface area contributed by atoms with Crippen LogP contribution in [0.2, 0.25) is 0 Å². The summed E-state index contributed by atoms with van der Waals surface area (Å²) < 4.78 is 0. The Labute approximate surface area is 120 Å². The summed E-state index contributed by atoms with van der Waals surface area (Å²) in [5, 5.41) is 5.43. The third-order valence-electron chi connectivity index (χ3n) is 5.80. The van der Waals surface area contributed by atoms with Crippen molar-refractivity contribution in [3.8, 4) is 0 Å². The van der Waals surface area contributed by atoms with Gasteiger partial charge in [0, 0.05) is 6.04 Å². The van der Waals surface area contributed by atoms with Crippen molar-refractivity contribution in [3.63, 3.8) is 0 Å². The summed E-state index contributed by atoms with van der Waals surface area (Å²) in [4.78, 5) is 22.5. The summed E-state index contributed by atoms with van der Waals surface area (Å²) in [6.45, 7) is 2.11. The predicted octanol–water partition coefficient (Wildman–Crippen LogP) is 1.38. The van der Waals surface area contributed by atoms with Gasteiger partial charge in [0.15, 0.2) is 0 Å². The zero-order valence-electron chi connectivity index (χ0n) is 12.2. The molecule has 4 aliphatic carbocycles. The van der Waals surface area contributed by atoms with Crippen LogP contribution in [-0.2, 0) is 4.79 Å². The van der Waals surface area contributed by atoms with E-state index in [2.05, 4.69) is 17.6 Å². The number of hydrogen-bond acceptors (Lipinski definition) is 2. The number of carbonyl (C=O) groups excluding carboxylic acids is 2. The van der Waals surface area contributed by atoms with Crippen LogP contribution in [-0.4, -0.2) is 24.5 Å². The van der Waals surface area contributed by atoms with E-state index in [0.29, 0.717) is 5.41 Å². The van der Waals surface area contributed by atoms with Gasteiger partial charge in [0.2, 0.25) is 5.91 Å². The van der Waals surface area contributed by atoms with Crippen molar-refractivity contribution in [2.24, 2.45) is 28.9 Å². The van der Waals surface area contributed by atoms with E-state index >= 15 is 0 Å². The highest BCUT2D eigenvalue weighted by Crippen LogP contribution is 2.61. The number of nitrogens with one attached hydrogen (secondary N) is 2. The van der Waals surface area contributed by atoms with Gasteiger partial charge in [0.05, 0.1) is 6.54 Å². The lowest BCUT2D eigenvalue weighted by molar-refractivity contribution is -0.124. The molecule has 0 heterocycles. The van der Waals surface area contributed by atoms with Crippen LogP contribution in [0, 0.1) is 23.2 Å². The van der Waals surface area contributed by atoms with Gasteiger partial charge in [-0.25, -0.2) is 4.79 Å². The van der Waals surface area contributed by atoms with Gasteiger partial charge in [-0.2, -0.15) is 0 Å². The third kappa shape index (κ3) is 2.50. The van der Waals surface area contributed by atoms with Crippen molar-refractivity contribution in [1.82, 2.24) is 10.6 Å². The van der Waals surface area contributed by atoms with Crippen molar-refractivity contribution in [2.45, 2.75) is 51.5 Å². The molecule has 5 nitrogen and oxygen atoms in total. The van der Waals surface area contributed by atoms with Crippen molar-refractivity contribution in [3.05, 3.63) is 0 Å². The SMILES string of the molecule is CC(NC(=O)CNC(N)=O)C12CC3CC(CC(C3)C1)C2. The zero-order valence-corrected chi connectivity index (χ0v) is 12.2. The molecule has 4 saturated carbocycles. The summed E-state index contributed by atoms with van der Waals surface area (Å²) in [5.41, 5.74) is 5.29. The predicted molar refractivity (Wildman–Crippen MR) is 75.8 cm³/mol. The molecular weight excluding hydrogens is 254 g/mol. The Morgan fingerprint density at radius 3 is 2.10 bits per heavy atom. The van der Waals surface area contributed by atoms with Crippen LogP contribution in [0.3, 0.4) is 0 Å². The molecule has 4 aliphatic rings. The van der Waals surface area contributed by atoms with Crippen molar-refractivity contribution >= 4 is 11.9 Å². The van der Waals surface area contributed by atoms with Crippen molar-refractivity contribution in [2.75, 3.05) is 6.54 Å². The highest BCUT2D eigenvalue weighted by molar-refractivity contribution is 5.83. The van der Waals surface area contributed by atoms with Crippen LogP contribution in [0.4, 0.5) is 4.79 Å². The maximum Gasteiger partial charge on any atom is 0.312 e. The largest absolute Gasteiger partial charge is 0.352 e. The van der Waals surface area contributed by atoms with Crippen LogP contribution < -0.4 is 16.4 Å². The van der Waals surface area contributed by atoms with Crippen LogP contribution in [0.15, 0.2) is 0 Å². The second-order valence-corrected chi connectivity index (χ2v) is 7.29. The fourth-order valence-electron chi connectivity index (χ4n) is 5.32. The number of carbonyl (C=O) groups is 2. The minimum absolute atomic E-state index is 0.0218. The summed E-state index contributed by atoms with van der Waals surface area (Å²) in [5.74, 6) is 2.50. The second-order valence-electron chi connectivity index (χ2n) is 7.29. The van der Waals surface area contributed by atoms with Gasteiger partial charge >= 0.3 is 6.03 Å². The minimum atomic E-state index is -0.650. The number of primary amides is 1. The Bertz CT molecular complexity index is 386. The highest BCUT2D eigenvalue weighted by atomic mass is 16.2. The fraction of sp³-hybridized carbons (Fsp3) is 0.867. The first-order chi connectivity index (χ1) is 9.47. The van der Waals surface area contributed by atoms with E-state index < -0.39 is 6.03 Å². The van der Waals surface area contributed by atoms with E-state index in [1.165, 1.54) is 38.5 Å². The fourth-order valence-corrected chi connectivity index (χ4v) is 5.32. The number of rotatable bonds is 4. The summed E-state index contributed by atoms with van der Waals surface area (Å²) in [7, 11) is 0. The van der Waals surface area contributed by atoms with Gasteiger partial charge in [-0.15, -0.1) is 0 Å². The van der Waals surface area contributed by atoms with E-state index in [1.54, 1.807) is 0 Å². The van der Waals surface area contributed by atoms with Crippen molar-refractivity contribution < 1.29 is 9.59 Å². The van der Waals surface area contributed by atoms with Crippen molar-refractivity contribution in [1.29, 1.82) is 0 Å². The van der Waals surface area contributed by atoms with Gasteiger partial charge in [0.25, 0.3) is 0 Å². The minimum Gasteiger partial charge on any atom is -0.352 e. The lowest BCUT2D eigenvalue weighted by atomic mass is 9.48. The Morgan fingerprint density at radius 1 is 1.15 bits per heavy atom. The van der Waals surface area contributed by atoms with Gasteiger partial charge in [0.1, 0.15) is 0 Å². The van der Waals surface area contributed by atoms with E-state index in [9.17, 15) is 9.59 Å². The molecule has 0 aromatic carbocycles. The van der Waals surface area contributed by atoms with E-state index in [4.69, 9.17) is 5.73 Å². The molecule has 0 aromatic heterocycles. The smallest absolute Gasteiger partial charge is 0.312 e. The molecule has 4 N–H and O–H groups in total. The van der Waals surface area contributed by atoms with E-state index in [0.717, 1.165) is 17.8 Å². The first-order valence-corrected chi connectivity index (χ1v) is 7.79. The molecule has 0 spiro atoms. The summed E-state index contributed by atoms with van der Waals surface area (Å²) in [6.07, 6.45) is 8.02. The molecule has 0 saturated heterocycles. The molecule has 20 heavy (non-hydrogen) atoms. The monoisotopic (exact) mass is 279 g/mol. The lowest BCUT2D eigenvalue weighted by Crippen LogP contribution is -2.56. The molecular formula is C15H25N3O2. The van der Waals surface area contributed by atoms with Crippen LogP contribution in [0.5, 0.6) is 0 Å². The normalized spacial score (nSPS) is 39.4. The Morgan fingerprint density at radius 2 is 1.65 bits per heavy atom. The molecule has 1 atom stereocenters. The van der Waals surface area contributed by atoms with E-state index in [1.807, 2.05) is 0 Å². The lowest BCUT2D eigenvalue weighted by Gasteiger charge is -2.59.